The Kier molecular flexibility index (Phi) is 8.42. The fourth-order valence-corrected chi connectivity index (χ4v) is 2.99. The van der Waals surface area contributed by atoms with E-state index in [2.05, 4.69) is 5.32 Å². The first kappa shape index (κ1) is 23.1. The molecule has 0 aliphatic heterocycles. The molecule has 3 aromatic rings. The molecule has 8 heteroatoms. The van der Waals surface area contributed by atoms with Crippen molar-refractivity contribution >= 4 is 24.6 Å². The van der Waals surface area contributed by atoms with Gasteiger partial charge in [-0.1, -0.05) is 84.9 Å². The summed E-state index contributed by atoms with van der Waals surface area (Å²) in [6.07, 6.45) is -0.589. The third kappa shape index (κ3) is 7.26. The van der Waals surface area contributed by atoms with Crippen LogP contribution in [-0.2, 0) is 33.9 Å². The zero-order valence-electron chi connectivity index (χ0n) is 17.4. The predicted molar refractivity (Wildman–Crippen MR) is 120 cm³/mol. The van der Waals surface area contributed by atoms with Crippen molar-refractivity contribution in [1.82, 2.24) is 5.32 Å². The maximum Gasteiger partial charge on any atom is 0.488 e. The summed E-state index contributed by atoms with van der Waals surface area (Å²) >= 11 is 0. The Balaban J connectivity index is 1.64. The second-order valence-electron chi connectivity index (χ2n) is 7.17. The molecule has 164 valence electrons. The number of carbonyl (C=O) groups is 2. The van der Waals surface area contributed by atoms with Crippen LogP contribution in [0.25, 0.3) is 0 Å². The van der Waals surface area contributed by atoms with Crippen molar-refractivity contribution in [3.8, 4) is 0 Å². The molecule has 3 rings (SSSR count). The van der Waals surface area contributed by atoms with Crippen molar-refractivity contribution in [3.05, 3.63) is 102 Å². The molecule has 0 aliphatic rings. The lowest BCUT2D eigenvalue weighted by molar-refractivity contribution is -0.147. The lowest BCUT2D eigenvalue weighted by Gasteiger charge is -2.18. The summed E-state index contributed by atoms with van der Waals surface area (Å²) in [4.78, 5) is 25.1. The Morgan fingerprint density at radius 3 is 1.81 bits per heavy atom. The van der Waals surface area contributed by atoms with Gasteiger partial charge in [0.15, 0.2) is 0 Å². The van der Waals surface area contributed by atoms with Crippen molar-refractivity contribution < 1.29 is 29.1 Å². The number of alkyl carbamates (subject to hydrolysis) is 1. The average molecular weight is 433 g/mol. The van der Waals surface area contributed by atoms with Gasteiger partial charge in [-0.2, -0.15) is 0 Å². The maximum atomic E-state index is 12.7. The van der Waals surface area contributed by atoms with Crippen LogP contribution in [0.5, 0.6) is 0 Å². The van der Waals surface area contributed by atoms with Gasteiger partial charge in [-0.15, -0.1) is 0 Å². The molecule has 3 aromatic carbocycles. The molecule has 0 aromatic heterocycles. The van der Waals surface area contributed by atoms with Gasteiger partial charge in [0, 0.05) is 6.42 Å². The van der Waals surface area contributed by atoms with Crippen molar-refractivity contribution in [3.63, 3.8) is 0 Å². The Bertz CT molecular complexity index is 996. The number of esters is 1. The van der Waals surface area contributed by atoms with E-state index >= 15 is 0 Å². The first-order valence-corrected chi connectivity index (χ1v) is 10.1. The van der Waals surface area contributed by atoms with Crippen molar-refractivity contribution in [2.45, 2.75) is 25.7 Å². The van der Waals surface area contributed by atoms with Crippen LogP contribution in [0.4, 0.5) is 4.79 Å². The lowest BCUT2D eigenvalue weighted by atomic mass is 9.80. The number of hydrogen-bond donors (Lipinski definition) is 3. The second kappa shape index (κ2) is 11.7. The van der Waals surface area contributed by atoms with E-state index in [9.17, 15) is 19.6 Å². The van der Waals surface area contributed by atoms with Gasteiger partial charge in [0.25, 0.3) is 0 Å². The zero-order valence-corrected chi connectivity index (χ0v) is 17.4. The molecular weight excluding hydrogens is 409 g/mol. The van der Waals surface area contributed by atoms with Crippen LogP contribution in [0.1, 0.15) is 16.7 Å². The molecule has 0 saturated carbocycles. The topological polar surface area (TPSA) is 105 Å². The minimum Gasteiger partial charge on any atom is -0.459 e. The third-order valence-corrected chi connectivity index (χ3v) is 4.73. The molecule has 7 nitrogen and oxygen atoms in total. The molecule has 1 atom stereocenters. The predicted octanol–water partition coefficient (Wildman–Crippen LogP) is 1.95. The highest BCUT2D eigenvalue weighted by Crippen LogP contribution is 2.08. The van der Waals surface area contributed by atoms with Gasteiger partial charge in [-0.3, -0.25) is 0 Å². The number of nitrogens with one attached hydrogen (secondary N) is 1. The summed E-state index contributed by atoms with van der Waals surface area (Å²) in [5.41, 5.74) is 2.68. The molecule has 0 bridgehead atoms. The first-order chi connectivity index (χ1) is 15.5. The number of hydrogen-bond acceptors (Lipinski definition) is 6. The zero-order chi connectivity index (χ0) is 22.8. The summed E-state index contributed by atoms with van der Waals surface area (Å²) in [5.74, 6) is -0.600. The number of benzene rings is 3. The Labute approximate surface area is 186 Å². The maximum absolute atomic E-state index is 12.7. The van der Waals surface area contributed by atoms with Gasteiger partial charge in [-0.25, -0.2) is 9.59 Å². The Hall–Kier alpha value is -3.62. The van der Waals surface area contributed by atoms with Gasteiger partial charge in [0.2, 0.25) is 0 Å². The average Bonchev–Trinajstić information content (AvgIpc) is 2.82. The van der Waals surface area contributed by atoms with Crippen molar-refractivity contribution in [2.24, 2.45) is 0 Å². The van der Waals surface area contributed by atoms with E-state index in [1.54, 1.807) is 24.3 Å². The molecule has 0 saturated heterocycles. The molecule has 1 amide bonds. The minimum absolute atomic E-state index is 0.0710. The molecule has 0 aliphatic carbocycles. The summed E-state index contributed by atoms with van der Waals surface area (Å²) < 4.78 is 10.6. The number of carbonyl (C=O) groups excluding carboxylic acids is 2. The number of rotatable bonds is 9. The van der Waals surface area contributed by atoms with Crippen LogP contribution >= 0.6 is 0 Å². The second-order valence-corrected chi connectivity index (χ2v) is 7.17. The SMILES string of the molecule is O=C(N[C@@H](Cc1ccc(B(O)O)cc1)C(=O)OCc1ccccc1)OCc1ccccc1. The Morgan fingerprint density at radius 1 is 0.750 bits per heavy atom. The molecule has 0 spiro atoms. The van der Waals surface area contributed by atoms with Crippen molar-refractivity contribution in [1.29, 1.82) is 0 Å². The van der Waals surface area contributed by atoms with Crippen molar-refractivity contribution in [2.75, 3.05) is 0 Å². The molecular formula is C24H24BNO6. The number of ether oxygens (including phenoxy) is 2. The van der Waals surface area contributed by atoms with E-state index in [1.165, 1.54) is 0 Å². The molecule has 0 radical (unpaired) electrons. The lowest BCUT2D eigenvalue weighted by Crippen LogP contribution is -2.43. The summed E-state index contributed by atoms with van der Waals surface area (Å²) in [5, 5.41) is 21.1. The highest BCUT2D eigenvalue weighted by atomic mass is 16.6. The summed E-state index contributed by atoms with van der Waals surface area (Å²) in [7, 11) is -1.58. The van der Waals surface area contributed by atoms with Gasteiger partial charge >= 0.3 is 19.2 Å². The summed E-state index contributed by atoms with van der Waals surface area (Å²) in [6, 6.07) is 23.8. The van der Waals surface area contributed by atoms with Crippen LogP contribution < -0.4 is 10.8 Å². The molecule has 0 heterocycles. The molecule has 32 heavy (non-hydrogen) atoms. The van der Waals surface area contributed by atoms with Gasteiger partial charge in [0.05, 0.1) is 0 Å². The monoisotopic (exact) mass is 433 g/mol. The molecule has 0 unspecified atom stereocenters. The smallest absolute Gasteiger partial charge is 0.459 e. The van der Waals surface area contributed by atoms with E-state index in [0.29, 0.717) is 11.0 Å². The van der Waals surface area contributed by atoms with Crippen LogP contribution in [0.2, 0.25) is 0 Å². The van der Waals surface area contributed by atoms with Gasteiger partial charge < -0.3 is 24.8 Å². The van der Waals surface area contributed by atoms with E-state index < -0.39 is 25.2 Å². The highest BCUT2D eigenvalue weighted by Gasteiger charge is 2.24. The minimum atomic E-state index is -1.58. The normalized spacial score (nSPS) is 11.3. The third-order valence-electron chi connectivity index (χ3n) is 4.73. The van der Waals surface area contributed by atoms with E-state index in [-0.39, 0.29) is 19.6 Å². The quantitative estimate of drug-likeness (QED) is 0.352. The highest BCUT2D eigenvalue weighted by molar-refractivity contribution is 6.58. The standard InChI is InChI=1S/C24H24BNO6/c27-23(31-16-19-7-3-1-4-8-19)22(15-18-11-13-21(14-12-18)25(29)30)26-24(28)32-17-20-9-5-2-6-10-20/h1-14,22,29-30H,15-17H2,(H,26,28)/t22-/m0/s1. The fraction of sp³-hybridized carbons (Fsp3) is 0.167. The van der Waals surface area contributed by atoms with Gasteiger partial charge in [0.1, 0.15) is 19.3 Å². The first-order valence-electron chi connectivity index (χ1n) is 10.1. The molecule has 3 N–H and O–H groups in total. The van der Waals surface area contributed by atoms with Crippen LogP contribution in [0, 0.1) is 0 Å². The van der Waals surface area contributed by atoms with Crippen LogP contribution in [0.15, 0.2) is 84.9 Å². The fourth-order valence-electron chi connectivity index (χ4n) is 2.99. The van der Waals surface area contributed by atoms with E-state index in [1.807, 2.05) is 60.7 Å². The molecule has 0 fully saturated rings. The Morgan fingerprint density at radius 2 is 1.28 bits per heavy atom. The largest absolute Gasteiger partial charge is 0.488 e. The number of amides is 1. The van der Waals surface area contributed by atoms with Crippen LogP contribution in [0.3, 0.4) is 0 Å². The van der Waals surface area contributed by atoms with E-state index in [4.69, 9.17) is 9.47 Å². The van der Waals surface area contributed by atoms with Gasteiger partial charge in [-0.05, 0) is 22.2 Å². The summed E-state index contributed by atoms with van der Waals surface area (Å²) in [6.45, 7) is 0.147. The van der Waals surface area contributed by atoms with Crippen LogP contribution in [-0.4, -0.2) is 35.3 Å². The van der Waals surface area contributed by atoms with E-state index in [0.717, 1.165) is 11.1 Å².